The van der Waals surface area contributed by atoms with Gasteiger partial charge in [0.05, 0.1) is 17.3 Å². The van der Waals surface area contributed by atoms with E-state index >= 15 is 0 Å². The fourth-order valence-corrected chi connectivity index (χ4v) is 2.46. The van der Waals surface area contributed by atoms with Crippen molar-refractivity contribution in [3.05, 3.63) is 46.2 Å². The van der Waals surface area contributed by atoms with Crippen LogP contribution in [0.3, 0.4) is 0 Å². The van der Waals surface area contributed by atoms with Gasteiger partial charge in [-0.05, 0) is 46.6 Å². The van der Waals surface area contributed by atoms with Crippen molar-refractivity contribution in [3.63, 3.8) is 0 Å². The van der Waals surface area contributed by atoms with Crippen LogP contribution in [-0.2, 0) is 13.6 Å². The van der Waals surface area contributed by atoms with Crippen molar-refractivity contribution >= 4 is 15.9 Å². The van der Waals surface area contributed by atoms with Crippen LogP contribution < -0.4 is 10.1 Å². The molecule has 1 heterocycles. The quantitative estimate of drug-likeness (QED) is 0.919. The van der Waals surface area contributed by atoms with Gasteiger partial charge in [0.15, 0.2) is 0 Å². The Hall–Kier alpha value is -1.33. The third-order valence-corrected chi connectivity index (χ3v) is 3.81. The van der Waals surface area contributed by atoms with Gasteiger partial charge >= 0.3 is 0 Å². The van der Waals surface area contributed by atoms with Crippen molar-refractivity contribution in [1.29, 1.82) is 0 Å². The highest BCUT2D eigenvalue weighted by Gasteiger charge is 2.09. The molecular formula is C14H18BrN3O. The monoisotopic (exact) mass is 323 g/mol. The van der Waals surface area contributed by atoms with Crippen LogP contribution in [0.25, 0.3) is 0 Å². The van der Waals surface area contributed by atoms with Gasteiger partial charge in [-0.2, -0.15) is 5.10 Å². The van der Waals surface area contributed by atoms with E-state index in [4.69, 9.17) is 4.74 Å². The Kier molecular flexibility index (Phi) is 4.61. The fourth-order valence-electron chi connectivity index (χ4n) is 1.90. The predicted octanol–water partition coefficient (Wildman–Crippen LogP) is 3.04. The summed E-state index contributed by atoms with van der Waals surface area (Å²) in [5.41, 5.74) is 2.38. The number of aromatic nitrogens is 2. The van der Waals surface area contributed by atoms with Gasteiger partial charge in [0.1, 0.15) is 5.75 Å². The third-order valence-electron chi connectivity index (χ3n) is 3.19. The summed E-state index contributed by atoms with van der Waals surface area (Å²) < 4.78 is 8.09. The summed E-state index contributed by atoms with van der Waals surface area (Å²) in [7, 11) is 3.62. The van der Waals surface area contributed by atoms with Crippen molar-refractivity contribution in [3.8, 4) is 5.75 Å². The average Bonchev–Trinajstić information content (AvgIpc) is 2.81. The summed E-state index contributed by atoms with van der Waals surface area (Å²) in [5, 5.41) is 7.64. The standard InChI is InChI=1S/C14H18BrN3O/c1-10(16-9-12-6-7-17-18(12)2)11-4-5-14(19-3)13(15)8-11/h4-8,10,16H,9H2,1-3H3. The molecule has 0 radical (unpaired) electrons. The molecule has 5 heteroatoms. The Morgan fingerprint density at radius 2 is 2.21 bits per heavy atom. The third kappa shape index (κ3) is 3.36. The van der Waals surface area contributed by atoms with E-state index < -0.39 is 0 Å². The molecule has 19 heavy (non-hydrogen) atoms. The first-order valence-corrected chi connectivity index (χ1v) is 6.95. The van der Waals surface area contributed by atoms with E-state index in [2.05, 4.69) is 45.4 Å². The Morgan fingerprint density at radius 3 is 2.79 bits per heavy atom. The van der Waals surface area contributed by atoms with Gasteiger partial charge in [-0.15, -0.1) is 0 Å². The average molecular weight is 324 g/mol. The lowest BCUT2D eigenvalue weighted by Crippen LogP contribution is -2.19. The molecular weight excluding hydrogens is 306 g/mol. The minimum absolute atomic E-state index is 0.261. The molecule has 1 aromatic carbocycles. The number of nitrogens with zero attached hydrogens (tertiary/aromatic N) is 2. The van der Waals surface area contributed by atoms with Gasteiger partial charge in [-0.3, -0.25) is 4.68 Å². The molecule has 0 fully saturated rings. The Labute approximate surface area is 121 Å². The van der Waals surface area contributed by atoms with Gasteiger partial charge in [0.25, 0.3) is 0 Å². The molecule has 0 bridgehead atoms. The normalized spacial score (nSPS) is 12.4. The van der Waals surface area contributed by atoms with Crippen molar-refractivity contribution in [1.82, 2.24) is 15.1 Å². The van der Waals surface area contributed by atoms with E-state index in [1.807, 2.05) is 30.1 Å². The molecule has 0 spiro atoms. The first kappa shape index (κ1) is 14.1. The lowest BCUT2D eigenvalue weighted by Gasteiger charge is -2.15. The zero-order valence-corrected chi connectivity index (χ0v) is 12.9. The van der Waals surface area contributed by atoms with E-state index in [9.17, 15) is 0 Å². The van der Waals surface area contributed by atoms with Gasteiger partial charge in [-0.25, -0.2) is 0 Å². The molecule has 0 aliphatic carbocycles. The first-order valence-electron chi connectivity index (χ1n) is 6.15. The zero-order chi connectivity index (χ0) is 13.8. The van der Waals surface area contributed by atoms with Crippen LogP contribution in [0, 0.1) is 0 Å². The maximum absolute atomic E-state index is 5.24. The molecule has 2 rings (SSSR count). The molecule has 0 saturated carbocycles. The highest BCUT2D eigenvalue weighted by atomic mass is 79.9. The maximum atomic E-state index is 5.24. The highest BCUT2D eigenvalue weighted by Crippen LogP contribution is 2.28. The second-order valence-electron chi connectivity index (χ2n) is 4.44. The molecule has 4 nitrogen and oxygen atoms in total. The number of hydrogen-bond acceptors (Lipinski definition) is 3. The van der Waals surface area contributed by atoms with E-state index in [0.29, 0.717) is 0 Å². The summed E-state index contributed by atoms with van der Waals surface area (Å²) in [6, 6.07) is 8.41. The summed E-state index contributed by atoms with van der Waals surface area (Å²) in [6.45, 7) is 2.94. The van der Waals surface area contributed by atoms with E-state index in [0.717, 1.165) is 16.8 Å². The first-order chi connectivity index (χ1) is 9.11. The minimum Gasteiger partial charge on any atom is -0.496 e. The second-order valence-corrected chi connectivity index (χ2v) is 5.30. The molecule has 0 aliphatic rings. The van der Waals surface area contributed by atoms with Crippen LogP contribution in [0.15, 0.2) is 34.9 Å². The van der Waals surface area contributed by atoms with E-state index in [1.54, 1.807) is 7.11 Å². The number of rotatable bonds is 5. The molecule has 2 aromatic rings. The summed E-state index contributed by atoms with van der Waals surface area (Å²) >= 11 is 3.51. The lowest BCUT2D eigenvalue weighted by molar-refractivity contribution is 0.411. The van der Waals surface area contributed by atoms with Crippen LogP contribution in [0.4, 0.5) is 0 Å². The molecule has 0 aliphatic heterocycles. The van der Waals surface area contributed by atoms with Crippen LogP contribution in [-0.4, -0.2) is 16.9 Å². The van der Waals surface area contributed by atoms with Gasteiger partial charge < -0.3 is 10.1 Å². The van der Waals surface area contributed by atoms with Crippen molar-refractivity contribution < 1.29 is 4.74 Å². The van der Waals surface area contributed by atoms with E-state index in [-0.39, 0.29) is 6.04 Å². The SMILES string of the molecule is COc1ccc(C(C)NCc2ccnn2C)cc1Br. The second kappa shape index (κ2) is 6.21. The van der Waals surface area contributed by atoms with Crippen molar-refractivity contribution in [2.45, 2.75) is 19.5 Å². The Balaban J connectivity index is 2.02. The number of hydrogen-bond donors (Lipinski definition) is 1. The van der Waals surface area contributed by atoms with Gasteiger partial charge in [0, 0.05) is 25.8 Å². The number of halogens is 1. The Bertz CT molecular complexity index is 553. The van der Waals surface area contributed by atoms with Gasteiger partial charge in [0.2, 0.25) is 0 Å². The molecule has 1 aromatic heterocycles. The number of aryl methyl sites for hydroxylation is 1. The molecule has 1 atom stereocenters. The summed E-state index contributed by atoms with van der Waals surface area (Å²) in [5.74, 6) is 0.850. The predicted molar refractivity (Wildman–Crippen MR) is 79.2 cm³/mol. The largest absolute Gasteiger partial charge is 0.496 e. The fraction of sp³-hybridized carbons (Fsp3) is 0.357. The molecule has 102 valence electrons. The molecule has 0 amide bonds. The molecule has 0 saturated heterocycles. The smallest absolute Gasteiger partial charge is 0.133 e. The maximum Gasteiger partial charge on any atom is 0.133 e. The Morgan fingerprint density at radius 1 is 1.42 bits per heavy atom. The lowest BCUT2D eigenvalue weighted by atomic mass is 10.1. The molecule has 1 N–H and O–H groups in total. The van der Waals surface area contributed by atoms with Crippen LogP contribution in [0.1, 0.15) is 24.2 Å². The highest BCUT2D eigenvalue weighted by molar-refractivity contribution is 9.10. The number of ether oxygens (including phenoxy) is 1. The van der Waals surface area contributed by atoms with Gasteiger partial charge in [-0.1, -0.05) is 6.07 Å². The minimum atomic E-state index is 0.261. The van der Waals surface area contributed by atoms with Crippen molar-refractivity contribution in [2.75, 3.05) is 7.11 Å². The topological polar surface area (TPSA) is 39.1 Å². The number of nitrogens with one attached hydrogen (secondary N) is 1. The number of methoxy groups -OCH3 is 1. The van der Waals surface area contributed by atoms with Crippen LogP contribution in [0.5, 0.6) is 5.75 Å². The van der Waals surface area contributed by atoms with E-state index in [1.165, 1.54) is 11.3 Å². The zero-order valence-electron chi connectivity index (χ0n) is 11.4. The van der Waals surface area contributed by atoms with Crippen molar-refractivity contribution in [2.24, 2.45) is 7.05 Å². The molecule has 1 unspecified atom stereocenters. The summed E-state index contributed by atoms with van der Waals surface area (Å²) in [6.07, 6.45) is 1.81. The van der Waals surface area contributed by atoms with Crippen LogP contribution in [0.2, 0.25) is 0 Å². The number of benzene rings is 1. The van der Waals surface area contributed by atoms with Crippen LogP contribution >= 0.6 is 15.9 Å². The summed E-state index contributed by atoms with van der Waals surface area (Å²) in [4.78, 5) is 0.